The quantitative estimate of drug-likeness (QED) is 0.818. The van der Waals surface area contributed by atoms with Gasteiger partial charge in [0.25, 0.3) is 0 Å². The van der Waals surface area contributed by atoms with Crippen LogP contribution in [-0.2, 0) is 11.0 Å². The summed E-state index contributed by atoms with van der Waals surface area (Å²) in [6.07, 6.45) is -3.48. The predicted molar refractivity (Wildman–Crippen MR) is 69.4 cm³/mol. The SMILES string of the molecule is CC(CC(C)(N)C(=O)O)Sc1ccc(C(F)(F)F)cn1. The van der Waals surface area contributed by atoms with Crippen molar-refractivity contribution >= 4 is 17.7 Å². The van der Waals surface area contributed by atoms with E-state index in [0.717, 1.165) is 12.3 Å². The van der Waals surface area contributed by atoms with Gasteiger partial charge in [0.2, 0.25) is 0 Å². The second-order valence-electron chi connectivity index (χ2n) is 4.74. The molecule has 0 radical (unpaired) electrons. The number of pyridine rings is 1. The summed E-state index contributed by atoms with van der Waals surface area (Å²) in [5.41, 5.74) is 3.42. The number of hydrogen-bond donors (Lipinski definition) is 2. The number of aromatic nitrogens is 1. The molecule has 0 aromatic carbocycles. The molecule has 4 nitrogen and oxygen atoms in total. The molecule has 8 heteroatoms. The fourth-order valence-electron chi connectivity index (χ4n) is 1.55. The zero-order valence-electron chi connectivity index (χ0n) is 10.9. The zero-order chi connectivity index (χ0) is 15.6. The Morgan fingerprint density at radius 1 is 1.50 bits per heavy atom. The van der Waals surface area contributed by atoms with Crippen molar-refractivity contribution in [3.63, 3.8) is 0 Å². The highest BCUT2D eigenvalue weighted by molar-refractivity contribution is 7.99. The van der Waals surface area contributed by atoms with Gasteiger partial charge in [0.05, 0.1) is 10.6 Å². The van der Waals surface area contributed by atoms with Crippen molar-refractivity contribution in [2.45, 2.75) is 42.3 Å². The number of nitrogens with zero attached hydrogens (tertiary/aromatic N) is 1. The average Bonchev–Trinajstić information content (AvgIpc) is 2.27. The number of halogens is 3. The zero-order valence-corrected chi connectivity index (χ0v) is 11.8. The largest absolute Gasteiger partial charge is 0.480 e. The van der Waals surface area contributed by atoms with E-state index in [1.165, 1.54) is 24.8 Å². The summed E-state index contributed by atoms with van der Waals surface area (Å²) in [5.74, 6) is -1.12. The van der Waals surface area contributed by atoms with Gasteiger partial charge in [-0.3, -0.25) is 4.79 Å². The molecule has 0 saturated carbocycles. The van der Waals surface area contributed by atoms with Crippen molar-refractivity contribution in [1.29, 1.82) is 0 Å². The Kier molecular flexibility index (Phi) is 5.04. The predicted octanol–water partition coefficient (Wildman–Crippen LogP) is 2.77. The minimum absolute atomic E-state index is 0.176. The van der Waals surface area contributed by atoms with Crippen molar-refractivity contribution in [2.75, 3.05) is 0 Å². The van der Waals surface area contributed by atoms with Gasteiger partial charge in [-0.05, 0) is 25.5 Å². The van der Waals surface area contributed by atoms with Crippen LogP contribution in [0.4, 0.5) is 13.2 Å². The van der Waals surface area contributed by atoms with Crippen LogP contribution in [0.25, 0.3) is 0 Å². The normalized spacial score (nSPS) is 16.5. The van der Waals surface area contributed by atoms with Gasteiger partial charge in [0, 0.05) is 11.4 Å². The van der Waals surface area contributed by atoms with Crippen LogP contribution in [-0.4, -0.2) is 26.8 Å². The summed E-state index contributed by atoms with van der Waals surface area (Å²) >= 11 is 1.19. The number of hydrogen-bond acceptors (Lipinski definition) is 4. The summed E-state index contributed by atoms with van der Waals surface area (Å²) in [6.45, 7) is 3.14. The first-order chi connectivity index (χ1) is 9.02. The topological polar surface area (TPSA) is 76.2 Å². The van der Waals surface area contributed by atoms with E-state index in [4.69, 9.17) is 10.8 Å². The maximum atomic E-state index is 12.4. The Hall–Kier alpha value is -1.28. The highest BCUT2D eigenvalue weighted by atomic mass is 32.2. The Bertz CT molecular complexity index is 475. The lowest BCUT2D eigenvalue weighted by molar-refractivity contribution is -0.143. The molecule has 3 N–H and O–H groups in total. The number of carboxylic acid groups (broad SMARTS) is 1. The van der Waals surface area contributed by atoms with Crippen molar-refractivity contribution in [3.05, 3.63) is 23.9 Å². The minimum Gasteiger partial charge on any atom is -0.480 e. The third-order valence-corrected chi connectivity index (χ3v) is 3.64. The fraction of sp³-hybridized carbons (Fsp3) is 0.500. The molecule has 0 fully saturated rings. The van der Waals surface area contributed by atoms with E-state index < -0.39 is 23.2 Å². The maximum Gasteiger partial charge on any atom is 0.417 e. The van der Waals surface area contributed by atoms with Gasteiger partial charge in [0.15, 0.2) is 0 Å². The van der Waals surface area contributed by atoms with Crippen LogP contribution in [0.15, 0.2) is 23.4 Å². The molecule has 2 unspecified atom stereocenters. The van der Waals surface area contributed by atoms with E-state index in [2.05, 4.69) is 4.98 Å². The number of aliphatic carboxylic acids is 1. The van der Waals surface area contributed by atoms with Crippen LogP contribution in [0.3, 0.4) is 0 Å². The number of alkyl halides is 3. The van der Waals surface area contributed by atoms with Gasteiger partial charge >= 0.3 is 12.1 Å². The highest BCUT2D eigenvalue weighted by Gasteiger charge is 2.32. The first kappa shape index (κ1) is 16.8. The summed E-state index contributed by atoms with van der Waals surface area (Å²) in [5, 5.41) is 9.11. The van der Waals surface area contributed by atoms with Gasteiger partial charge in [0.1, 0.15) is 5.54 Å². The molecule has 0 aliphatic heterocycles. The fourth-order valence-corrected chi connectivity index (χ4v) is 2.65. The van der Waals surface area contributed by atoms with Gasteiger partial charge in [-0.15, -0.1) is 11.8 Å². The summed E-state index contributed by atoms with van der Waals surface area (Å²) in [6, 6.07) is 2.21. The number of rotatable bonds is 5. The van der Waals surface area contributed by atoms with Crippen LogP contribution < -0.4 is 5.73 Å². The second-order valence-corrected chi connectivity index (χ2v) is 6.20. The van der Waals surface area contributed by atoms with Gasteiger partial charge in [-0.2, -0.15) is 13.2 Å². The Labute approximate surface area is 118 Å². The van der Waals surface area contributed by atoms with Crippen LogP contribution >= 0.6 is 11.8 Å². The molecule has 0 aliphatic rings. The molecule has 2 atom stereocenters. The molecule has 112 valence electrons. The molecule has 1 rings (SSSR count). The molecule has 0 aliphatic carbocycles. The Balaban J connectivity index is 2.68. The lowest BCUT2D eigenvalue weighted by atomic mass is 9.98. The van der Waals surface area contributed by atoms with E-state index >= 15 is 0 Å². The molecule has 0 bridgehead atoms. The lowest BCUT2D eigenvalue weighted by Gasteiger charge is -2.22. The third-order valence-electron chi connectivity index (χ3n) is 2.59. The number of thioether (sulfide) groups is 1. The standard InChI is InChI=1S/C12H15F3N2O2S/c1-7(5-11(2,16)10(18)19)20-9-4-3-8(6-17-9)12(13,14)15/h3-4,6-7H,5,16H2,1-2H3,(H,18,19). The van der Waals surface area contributed by atoms with E-state index in [1.54, 1.807) is 6.92 Å². The highest BCUT2D eigenvalue weighted by Crippen LogP contribution is 2.31. The molecular formula is C12H15F3N2O2S. The first-order valence-corrected chi connectivity index (χ1v) is 6.62. The number of carbonyl (C=O) groups is 1. The summed E-state index contributed by atoms with van der Waals surface area (Å²) in [7, 11) is 0. The Morgan fingerprint density at radius 2 is 2.10 bits per heavy atom. The van der Waals surface area contributed by atoms with Crippen LogP contribution in [0.1, 0.15) is 25.8 Å². The van der Waals surface area contributed by atoms with Crippen molar-refractivity contribution in [2.24, 2.45) is 5.73 Å². The second kappa shape index (κ2) is 6.01. The van der Waals surface area contributed by atoms with Crippen molar-refractivity contribution < 1.29 is 23.1 Å². The van der Waals surface area contributed by atoms with Crippen LogP contribution in [0.2, 0.25) is 0 Å². The lowest BCUT2D eigenvalue weighted by Crippen LogP contribution is -2.46. The number of nitrogens with two attached hydrogens (primary N) is 1. The molecule has 1 heterocycles. The molecule has 1 aromatic rings. The molecule has 0 saturated heterocycles. The third kappa shape index (κ3) is 4.68. The smallest absolute Gasteiger partial charge is 0.417 e. The van der Waals surface area contributed by atoms with Crippen molar-refractivity contribution in [3.8, 4) is 0 Å². The molecule has 0 amide bonds. The summed E-state index contributed by atoms with van der Waals surface area (Å²) < 4.78 is 37.1. The van der Waals surface area contributed by atoms with E-state index in [9.17, 15) is 18.0 Å². The van der Waals surface area contributed by atoms with Crippen LogP contribution in [0, 0.1) is 0 Å². The van der Waals surface area contributed by atoms with E-state index in [1.807, 2.05) is 0 Å². The van der Waals surface area contributed by atoms with Gasteiger partial charge in [-0.25, -0.2) is 4.98 Å². The molecule has 0 spiro atoms. The van der Waals surface area contributed by atoms with E-state index in [-0.39, 0.29) is 11.7 Å². The van der Waals surface area contributed by atoms with E-state index in [0.29, 0.717) is 5.03 Å². The van der Waals surface area contributed by atoms with Gasteiger partial charge in [-0.1, -0.05) is 6.92 Å². The minimum atomic E-state index is -4.42. The monoisotopic (exact) mass is 308 g/mol. The molecule has 1 aromatic heterocycles. The van der Waals surface area contributed by atoms with Gasteiger partial charge < -0.3 is 10.8 Å². The first-order valence-electron chi connectivity index (χ1n) is 5.74. The number of carboxylic acids is 1. The average molecular weight is 308 g/mol. The Morgan fingerprint density at radius 3 is 2.50 bits per heavy atom. The summed E-state index contributed by atoms with van der Waals surface area (Å²) in [4.78, 5) is 14.6. The van der Waals surface area contributed by atoms with Crippen molar-refractivity contribution in [1.82, 2.24) is 4.98 Å². The van der Waals surface area contributed by atoms with Crippen LogP contribution in [0.5, 0.6) is 0 Å². The molecule has 20 heavy (non-hydrogen) atoms. The maximum absolute atomic E-state index is 12.4. The molecular weight excluding hydrogens is 293 g/mol.